The van der Waals surface area contributed by atoms with Crippen LogP contribution in [0.4, 0.5) is 10.1 Å². The minimum atomic E-state index is -2.15. The van der Waals surface area contributed by atoms with E-state index in [-0.39, 0.29) is 48.0 Å². The summed E-state index contributed by atoms with van der Waals surface area (Å²) < 4.78 is 13.9. The Morgan fingerprint density at radius 2 is 1.53 bits per heavy atom. The van der Waals surface area contributed by atoms with E-state index in [9.17, 15) is 33.8 Å². The maximum Gasteiger partial charge on any atom is 0.258 e. The number of halogens is 3. The first kappa shape index (κ1) is 31.5. The Hall–Kier alpha value is -4.73. The molecule has 0 aromatic heterocycles. The van der Waals surface area contributed by atoms with Gasteiger partial charge >= 0.3 is 0 Å². The summed E-state index contributed by atoms with van der Waals surface area (Å²) in [5.41, 5.74) is 1.73. The molecule has 0 unspecified atom stereocenters. The zero-order chi connectivity index (χ0) is 34.4. The van der Waals surface area contributed by atoms with Crippen LogP contribution in [0.2, 0.25) is 0 Å². The van der Waals surface area contributed by atoms with Crippen molar-refractivity contribution in [2.75, 3.05) is 11.4 Å². The van der Waals surface area contributed by atoms with Crippen LogP contribution in [0.1, 0.15) is 29.9 Å². The Bertz CT molecular complexity index is 2120. The van der Waals surface area contributed by atoms with Gasteiger partial charge in [-0.3, -0.25) is 24.1 Å². The van der Waals surface area contributed by atoms with E-state index in [1.165, 1.54) is 29.2 Å². The molecule has 248 valence electrons. The molecule has 2 heterocycles. The normalized spacial score (nSPS) is 29.2. The first-order chi connectivity index (χ1) is 23.5. The fourth-order valence-corrected chi connectivity index (χ4v) is 9.37. The number of hydrogen-bond donors (Lipinski definition) is 2. The number of phenolic OH excluding ortho intramolecular Hbond substituents is 2. The van der Waals surface area contributed by atoms with Crippen LogP contribution in [-0.4, -0.2) is 55.0 Å². The molecule has 6 atom stereocenters. The van der Waals surface area contributed by atoms with E-state index in [2.05, 4.69) is 0 Å². The summed E-state index contributed by atoms with van der Waals surface area (Å²) in [6.07, 6.45) is 2.16. The van der Waals surface area contributed by atoms with Gasteiger partial charge in [0, 0.05) is 23.4 Å². The fourth-order valence-electron chi connectivity index (χ4n) is 8.44. The summed E-state index contributed by atoms with van der Waals surface area (Å²) in [5.74, 6) is -6.51. The number of fused-ring (bicyclic) bond motifs is 5. The highest BCUT2D eigenvalue weighted by atomic mass is 35.5. The highest BCUT2D eigenvalue weighted by molar-refractivity contribution is 6.58. The lowest BCUT2D eigenvalue weighted by atomic mass is 9.56. The Labute approximate surface area is 290 Å². The molecule has 4 amide bonds. The van der Waals surface area contributed by atoms with Gasteiger partial charge in [-0.05, 0) is 72.5 Å². The number of amides is 4. The van der Waals surface area contributed by atoms with Crippen molar-refractivity contribution in [3.63, 3.8) is 0 Å². The van der Waals surface area contributed by atoms with Gasteiger partial charge < -0.3 is 10.2 Å². The topological polar surface area (TPSA) is 115 Å². The molecule has 2 N–H and O–H groups in total. The Kier molecular flexibility index (Phi) is 7.18. The molecule has 4 aromatic rings. The summed E-state index contributed by atoms with van der Waals surface area (Å²) in [6, 6.07) is 21.9. The lowest BCUT2D eigenvalue weighted by molar-refractivity contribution is -0.140. The minimum Gasteiger partial charge on any atom is -0.508 e. The van der Waals surface area contributed by atoms with Crippen molar-refractivity contribution in [3.8, 4) is 11.5 Å². The van der Waals surface area contributed by atoms with Crippen molar-refractivity contribution >= 4 is 63.3 Å². The summed E-state index contributed by atoms with van der Waals surface area (Å²) in [7, 11) is 0. The van der Waals surface area contributed by atoms with Crippen molar-refractivity contribution in [2.24, 2.45) is 17.8 Å². The van der Waals surface area contributed by atoms with Crippen molar-refractivity contribution in [1.29, 1.82) is 0 Å². The predicted octanol–water partition coefficient (Wildman–Crippen LogP) is 6.20. The standard InChI is InChI=1S/C38H29Cl2FN2O6/c39-37-19-29-26(15-16-27-30(29)34(47)42(33(27)46)18-17-20-5-12-24(44)13-6-20)31(28-14-7-21-3-1-2-4-25(21)32(28)45)38(37,40)36(49)43(35(37)48)23-10-8-22(41)9-11-23/h1-15,27,29-31,44-45H,16-19H2/t27-,29+,30-,31+,37+,38-/m0/s1. The van der Waals surface area contributed by atoms with Gasteiger partial charge in [0.1, 0.15) is 17.3 Å². The van der Waals surface area contributed by atoms with E-state index >= 15 is 0 Å². The van der Waals surface area contributed by atoms with Crippen molar-refractivity contribution in [2.45, 2.75) is 34.9 Å². The number of nitrogens with zero attached hydrogens (tertiary/aromatic N) is 2. The summed E-state index contributed by atoms with van der Waals surface area (Å²) in [6.45, 7) is 0.119. The molecule has 8 rings (SSSR count). The molecular formula is C38H29Cl2FN2O6. The number of phenols is 2. The molecule has 3 fully saturated rings. The van der Waals surface area contributed by atoms with Gasteiger partial charge in [-0.25, -0.2) is 9.29 Å². The largest absolute Gasteiger partial charge is 0.508 e. The van der Waals surface area contributed by atoms with Gasteiger partial charge in [0.25, 0.3) is 11.8 Å². The van der Waals surface area contributed by atoms with E-state index < -0.39 is 57.0 Å². The van der Waals surface area contributed by atoms with Crippen LogP contribution in [0.25, 0.3) is 10.8 Å². The van der Waals surface area contributed by atoms with E-state index in [1.807, 2.05) is 18.2 Å². The maximum atomic E-state index is 14.6. The Morgan fingerprint density at radius 1 is 0.816 bits per heavy atom. The first-order valence-corrected chi connectivity index (χ1v) is 16.8. The van der Waals surface area contributed by atoms with Gasteiger partial charge in [-0.2, -0.15) is 0 Å². The van der Waals surface area contributed by atoms with Gasteiger partial charge in [-0.15, -0.1) is 23.2 Å². The molecule has 2 aliphatic heterocycles. The zero-order valence-corrected chi connectivity index (χ0v) is 27.4. The van der Waals surface area contributed by atoms with Crippen LogP contribution in [0, 0.1) is 23.6 Å². The highest BCUT2D eigenvalue weighted by Gasteiger charge is 2.76. The quantitative estimate of drug-likeness (QED) is 0.146. The van der Waals surface area contributed by atoms with Crippen LogP contribution in [-0.2, 0) is 25.6 Å². The second-order valence-electron chi connectivity index (χ2n) is 13.2. The molecule has 2 aliphatic carbocycles. The van der Waals surface area contributed by atoms with Gasteiger partial charge in [-0.1, -0.05) is 60.2 Å². The van der Waals surface area contributed by atoms with Crippen LogP contribution in [0.15, 0.2) is 96.6 Å². The van der Waals surface area contributed by atoms with Crippen LogP contribution in [0.3, 0.4) is 0 Å². The van der Waals surface area contributed by atoms with E-state index in [4.69, 9.17) is 23.2 Å². The molecule has 4 aliphatic rings. The number of alkyl halides is 2. The Morgan fingerprint density at radius 3 is 2.27 bits per heavy atom. The fraction of sp³-hybridized carbons (Fsp3) is 0.263. The monoisotopic (exact) mass is 698 g/mol. The van der Waals surface area contributed by atoms with Crippen molar-refractivity contribution < 1.29 is 33.8 Å². The number of hydrogen-bond acceptors (Lipinski definition) is 6. The predicted molar refractivity (Wildman–Crippen MR) is 181 cm³/mol. The zero-order valence-electron chi connectivity index (χ0n) is 25.9. The van der Waals surface area contributed by atoms with Crippen LogP contribution in [0.5, 0.6) is 11.5 Å². The molecule has 2 saturated heterocycles. The molecule has 11 heteroatoms. The second kappa shape index (κ2) is 11.1. The summed E-state index contributed by atoms with van der Waals surface area (Å²) in [5, 5.41) is 22.7. The summed E-state index contributed by atoms with van der Waals surface area (Å²) >= 11 is 14.9. The minimum absolute atomic E-state index is 0.0784. The maximum absolute atomic E-state index is 14.6. The molecule has 0 radical (unpaired) electrons. The number of allylic oxidation sites excluding steroid dienone is 2. The van der Waals surface area contributed by atoms with Crippen LogP contribution < -0.4 is 4.90 Å². The third kappa shape index (κ3) is 4.41. The smallest absolute Gasteiger partial charge is 0.258 e. The lowest BCUT2D eigenvalue weighted by Gasteiger charge is -2.50. The lowest BCUT2D eigenvalue weighted by Crippen LogP contribution is -2.60. The summed E-state index contributed by atoms with van der Waals surface area (Å²) in [4.78, 5) is 54.9. The Balaban J connectivity index is 1.25. The molecular weight excluding hydrogens is 670 g/mol. The number of imide groups is 2. The van der Waals surface area contributed by atoms with Gasteiger partial charge in [0.15, 0.2) is 9.75 Å². The number of carbonyl (C=O) groups excluding carboxylic acids is 4. The second-order valence-corrected chi connectivity index (χ2v) is 14.5. The average molecular weight is 700 g/mol. The first-order valence-electron chi connectivity index (χ1n) is 16.0. The molecule has 0 bridgehead atoms. The van der Waals surface area contributed by atoms with Gasteiger partial charge in [0.05, 0.1) is 17.5 Å². The molecule has 0 spiro atoms. The number of rotatable bonds is 5. The number of carbonyl (C=O) groups is 4. The number of benzene rings is 4. The molecule has 4 aromatic carbocycles. The van der Waals surface area contributed by atoms with Crippen LogP contribution >= 0.6 is 23.2 Å². The van der Waals surface area contributed by atoms with Gasteiger partial charge in [0.2, 0.25) is 11.8 Å². The molecule has 8 nitrogen and oxygen atoms in total. The molecule has 1 saturated carbocycles. The molecule has 49 heavy (non-hydrogen) atoms. The van der Waals surface area contributed by atoms with Crippen molar-refractivity contribution in [3.05, 3.63) is 114 Å². The third-order valence-electron chi connectivity index (χ3n) is 10.8. The number of likely N-dealkylation sites (tertiary alicyclic amines) is 1. The highest BCUT2D eigenvalue weighted by Crippen LogP contribution is 2.66. The average Bonchev–Trinajstić information content (AvgIpc) is 3.43. The van der Waals surface area contributed by atoms with Crippen molar-refractivity contribution in [1.82, 2.24) is 4.90 Å². The van der Waals surface area contributed by atoms with E-state index in [1.54, 1.807) is 36.4 Å². The third-order valence-corrected chi connectivity index (χ3v) is 12.2. The SMILES string of the molecule is O=C1[C@H]2[C@H](CC=C3[C@H]2C[C@@]2(Cl)C(=O)N(c4ccc(F)cc4)C(=O)[C@@]2(Cl)[C@H]3c2ccc3ccccc3c2O)C(=O)N1CCc1ccc(O)cc1. The number of aromatic hydroxyl groups is 2. The van der Waals surface area contributed by atoms with E-state index in [0.29, 0.717) is 17.4 Å². The number of anilines is 1. The van der Waals surface area contributed by atoms with E-state index in [0.717, 1.165) is 28.0 Å².